The Balaban J connectivity index is 1.77. The second-order valence-corrected chi connectivity index (χ2v) is 6.44. The minimum Gasteiger partial charge on any atom is -0.355 e. The molecule has 0 bridgehead atoms. The van der Waals surface area contributed by atoms with Crippen LogP contribution >= 0.6 is 23.4 Å². The molecular weight excluding hydrogens is 321 g/mol. The molecule has 1 N–H and O–H groups in total. The molecule has 5 heteroatoms. The molecule has 0 fully saturated rings. The third-order valence-electron chi connectivity index (χ3n) is 3.24. The average Bonchev–Trinajstić information content (AvgIpc) is 2.54. The largest absolute Gasteiger partial charge is 0.355 e. The van der Waals surface area contributed by atoms with Crippen LogP contribution in [-0.4, -0.2) is 18.2 Å². The van der Waals surface area contributed by atoms with Crippen LogP contribution in [-0.2, 0) is 4.79 Å². The lowest BCUT2D eigenvalue weighted by Gasteiger charge is -2.13. The van der Waals surface area contributed by atoms with Crippen LogP contribution in [0.1, 0.15) is 18.4 Å². The van der Waals surface area contributed by atoms with Gasteiger partial charge >= 0.3 is 0 Å². The quantitative estimate of drug-likeness (QED) is 0.787. The molecule has 1 amide bonds. The monoisotopic (exact) mass is 337 g/mol. The van der Waals surface area contributed by atoms with Gasteiger partial charge in [-0.25, -0.2) is 4.39 Å². The predicted molar refractivity (Wildman–Crippen MR) is 90.0 cm³/mol. The predicted octanol–water partition coefficient (Wildman–Crippen LogP) is 4.49. The Kier molecular flexibility index (Phi) is 6.28. The van der Waals surface area contributed by atoms with E-state index >= 15 is 0 Å². The maximum atomic E-state index is 13.0. The van der Waals surface area contributed by atoms with Crippen LogP contribution in [0.15, 0.2) is 53.4 Å². The van der Waals surface area contributed by atoms with Gasteiger partial charge in [0.15, 0.2) is 0 Å². The number of thioether (sulfide) groups is 1. The lowest BCUT2D eigenvalue weighted by Crippen LogP contribution is -2.28. The topological polar surface area (TPSA) is 29.1 Å². The molecular formula is C17H17ClFNOS. The number of carbonyl (C=O) groups excluding carboxylic acids is 1. The summed E-state index contributed by atoms with van der Waals surface area (Å²) in [5.41, 5.74) is 1.20. The lowest BCUT2D eigenvalue weighted by atomic mass is 10.0. The first-order valence-corrected chi connectivity index (χ1v) is 8.32. The van der Waals surface area contributed by atoms with Crippen molar-refractivity contribution in [1.82, 2.24) is 5.32 Å². The number of amides is 1. The number of nitrogens with one attached hydrogen (secondary N) is 1. The molecule has 0 spiro atoms. The molecule has 0 aliphatic rings. The van der Waals surface area contributed by atoms with E-state index in [9.17, 15) is 9.18 Å². The van der Waals surface area contributed by atoms with Gasteiger partial charge in [-0.3, -0.25) is 4.79 Å². The Bertz CT molecular complexity index is 636. The first kappa shape index (κ1) is 16.8. The Labute approximate surface area is 139 Å². The number of rotatable bonds is 6. The van der Waals surface area contributed by atoms with Crippen molar-refractivity contribution in [2.24, 2.45) is 0 Å². The van der Waals surface area contributed by atoms with Crippen LogP contribution in [0.4, 0.5) is 4.39 Å². The summed E-state index contributed by atoms with van der Waals surface area (Å²) in [6, 6.07) is 14.5. The Morgan fingerprint density at radius 1 is 1.27 bits per heavy atom. The zero-order chi connectivity index (χ0) is 15.9. The Hall–Kier alpha value is -1.52. The molecule has 0 unspecified atom stereocenters. The van der Waals surface area contributed by atoms with Gasteiger partial charge in [-0.05, 0) is 29.7 Å². The fraction of sp³-hybridized carbons (Fsp3) is 0.235. The highest BCUT2D eigenvalue weighted by molar-refractivity contribution is 8.00. The van der Waals surface area contributed by atoms with E-state index in [4.69, 9.17) is 11.6 Å². The highest BCUT2D eigenvalue weighted by atomic mass is 35.5. The van der Waals surface area contributed by atoms with E-state index in [0.717, 1.165) is 4.90 Å². The van der Waals surface area contributed by atoms with Crippen LogP contribution in [0.25, 0.3) is 0 Å². The standard InChI is InChI=1S/C17H17ClFNOS/c1-12(13-5-3-2-4-6-13)10-20-17(21)11-22-14-7-8-16(19)15(18)9-14/h2-9,12H,10-11H2,1H3,(H,20,21)/t12-/m1/s1. The second kappa shape index (κ2) is 8.20. The van der Waals surface area contributed by atoms with E-state index < -0.39 is 5.82 Å². The number of carbonyl (C=O) groups is 1. The summed E-state index contributed by atoms with van der Waals surface area (Å²) in [4.78, 5) is 12.6. The summed E-state index contributed by atoms with van der Waals surface area (Å²) < 4.78 is 13.0. The molecule has 0 aromatic heterocycles. The summed E-state index contributed by atoms with van der Waals surface area (Å²) in [6.07, 6.45) is 0. The van der Waals surface area contributed by atoms with Crippen molar-refractivity contribution in [1.29, 1.82) is 0 Å². The molecule has 22 heavy (non-hydrogen) atoms. The van der Waals surface area contributed by atoms with Gasteiger partial charge < -0.3 is 5.32 Å². The maximum Gasteiger partial charge on any atom is 0.230 e. The van der Waals surface area contributed by atoms with E-state index in [1.165, 1.54) is 29.5 Å². The van der Waals surface area contributed by atoms with Gasteiger partial charge in [-0.2, -0.15) is 0 Å². The normalized spacial score (nSPS) is 12.0. The number of halogens is 2. The van der Waals surface area contributed by atoms with Crippen molar-refractivity contribution in [2.75, 3.05) is 12.3 Å². The SMILES string of the molecule is C[C@H](CNC(=O)CSc1ccc(F)c(Cl)c1)c1ccccc1. The van der Waals surface area contributed by atoms with Crippen molar-refractivity contribution < 1.29 is 9.18 Å². The fourth-order valence-electron chi connectivity index (χ4n) is 1.93. The summed E-state index contributed by atoms with van der Waals surface area (Å²) >= 11 is 7.05. The van der Waals surface area contributed by atoms with Crippen LogP contribution in [0.2, 0.25) is 5.02 Å². The zero-order valence-corrected chi connectivity index (χ0v) is 13.8. The molecule has 0 heterocycles. The van der Waals surface area contributed by atoms with Crippen molar-refractivity contribution in [2.45, 2.75) is 17.7 Å². The third-order valence-corrected chi connectivity index (χ3v) is 4.52. The summed E-state index contributed by atoms with van der Waals surface area (Å²) in [7, 11) is 0. The Morgan fingerprint density at radius 3 is 2.68 bits per heavy atom. The van der Waals surface area contributed by atoms with Gasteiger partial charge in [0, 0.05) is 11.4 Å². The van der Waals surface area contributed by atoms with Crippen molar-refractivity contribution >= 4 is 29.3 Å². The van der Waals surface area contributed by atoms with Crippen molar-refractivity contribution in [3.63, 3.8) is 0 Å². The molecule has 0 radical (unpaired) electrons. The molecule has 0 aliphatic heterocycles. The number of benzene rings is 2. The van der Waals surface area contributed by atoms with Crippen LogP contribution in [0, 0.1) is 5.82 Å². The van der Waals surface area contributed by atoms with Gasteiger partial charge in [0.05, 0.1) is 10.8 Å². The molecule has 0 saturated heterocycles. The molecule has 2 aromatic carbocycles. The van der Waals surface area contributed by atoms with Crippen LogP contribution < -0.4 is 5.32 Å². The Morgan fingerprint density at radius 2 is 2.00 bits per heavy atom. The van der Waals surface area contributed by atoms with Gasteiger partial charge in [0.25, 0.3) is 0 Å². The summed E-state index contributed by atoms with van der Waals surface area (Å²) in [6.45, 7) is 2.66. The average molecular weight is 338 g/mol. The summed E-state index contributed by atoms with van der Waals surface area (Å²) in [5.74, 6) is 0.0412. The first-order valence-electron chi connectivity index (χ1n) is 6.95. The third kappa shape index (κ3) is 5.04. The molecule has 1 atom stereocenters. The highest BCUT2D eigenvalue weighted by Crippen LogP contribution is 2.23. The maximum absolute atomic E-state index is 13.0. The number of hydrogen-bond donors (Lipinski definition) is 1. The van der Waals surface area contributed by atoms with Crippen molar-refractivity contribution in [3.8, 4) is 0 Å². The zero-order valence-electron chi connectivity index (χ0n) is 12.2. The van der Waals surface area contributed by atoms with Gasteiger partial charge in [0.2, 0.25) is 5.91 Å². The van der Waals surface area contributed by atoms with Gasteiger partial charge in [0.1, 0.15) is 5.82 Å². The van der Waals surface area contributed by atoms with E-state index in [1.54, 1.807) is 6.07 Å². The molecule has 0 aliphatic carbocycles. The molecule has 2 nitrogen and oxygen atoms in total. The minimum absolute atomic E-state index is 0.0479. The number of hydrogen-bond acceptors (Lipinski definition) is 2. The lowest BCUT2D eigenvalue weighted by molar-refractivity contribution is -0.118. The van der Waals surface area contributed by atoms with Crippen molar-refractivity contribution in [3.05, 3.63) is 64.9 Å². The fourth-order valence-corrected chi connectivity index (χ4v) is 2.94. The van der Waals surface area contributed by atoms with E-state index in [1.807, 2.05) is 30.3 Å². The molecule has 2 rings (SSSR count). The molecule has 2 aromatic rings. The highest BCUT2D eigenvalue weighted by Gasteiger charge is 2.08. The van der Waals surface area contributed by atoms with Crippen LogP contribution in [0.3, 0.4) is 0 Å². The molecule has 116 valence electrons. The first-order chi connectivity index (χ1) is 10.6. The summed E-state index contributed by atoms with van der Waals surface area (Å²) in [5, 5.41) is 2.98. The second-order valence-electron chi connectivity index (χ2n) is 4.98. The van der Waals surface area contributed by atoms with Gasteiger partial charge in [-0.1, -0.05) is 48.9 Å². The van der Waals surface area contributed by atoms with Gasteiger partial charge in [-0.15, -0.1) is 11.8 Å². The van der Waals surface area contributed by atoms with Crippen LogP contribution in [0.5, 0.6) is 0 Å². The van der Waals surface area contributed by atoms with E-state index in [2.05, 4.69) is 12.2 Å². The molecule has 0 saturated carbocycles. The van der Waals surface area contributed by atoms with E-state index in [-0.39, 0.29) is 22.6 Å². The van der Waals surface area contributed by atoms with E-state index in [0.29, 0.717) is 6.54 Å². The minimum atomic E-state index is -0.452. The smallest absolute Gasteiger partial charge is 0.230 e.